The van der Waals surface area contributed by atoms with Gasteiger partial charge in [-0.2, -0.15) is 0 Å². The van der Waals surface area contributed by atoms with Crippen LogP contribution in [0.1, 0.15) is 12.5 Å². The Morgan fingerprint density at radius 1 is 1.12 bits per heavy atom. The van der Waals surface area contributed by atoms with Crippen LogP contribution in [0.25, 0.3) is 5.69 Å². The van der Waals surface area contributed by atoms with E-state index in [2.05, 4.69) is 4.98 Å². The molecule has 0 N–H and O–H groups in total. The average molecular weight is 335 g/mol. The summed E-state index contributed by atoms with van der Waals surface area (Å²) in [6.07, 6.45) is 6.01. The van der Waals surface area contributed by atoms with Crippen LogP contribution >= 0.6 is 0 Å². The first kappa shape index (κ1) is 16.8. The second kappa shape index (κ2) is 7.66. The molecular weight excluding hydrogens is 314 g/mol. The Labute approximate surface area is 147 Å². The number of amides is 1. The Kier molecular flexibility index (Phi) is 5.14. The lowest BCUT2D eigenvalue weighted by atomic mass is 10.1. The zero-order valence-corrected chi connectivity index (χ0v) is 14.4. The van der Waals surface area contributed by atoms with Crippen molar-refractivity contribution in [2.45, 2.75) is 13.3 Å². The quantitative estimate of drug-likeness (QED) is 0.693. The number of aromatic nitrogens is 2. The first-order valence-electron chi connectivity index (χ1n) is 8.24. The molecule has 0 aliphatic heterocycles. The number of rotatable bonds is 6. The van der Waals surface area contributed by atoms with Crippen molar-refractivity contribution in [3.8, 4) is 11.6 Å². The number of carbonyl (C=O) groups is 1. The first-order chi connectivity index (χ1) is 12.2. The van der Waals surface area contributed by atoms with Gasteiger partial charge in [-0.3, -0.25) is 4.79 Å². The standard InChI is InChI=1S/C20H21N3O2/c1-3-23(18-10-11-19(25-2)21-15-18)20(24)14-16-6-8-17(9-7-16)22-12-4-5-13-22/h4-13,15H,3,14H2,1-2H3. The minimum Gasteiger partial charge on any atom is -0.481 e. The van der Waals surface area contributed by atoms with Crippen LogP contribution in [0, 0.1) is 0 Å². The van der Waals surface area contributed by atoms with E-state index in [4.69, 9.17) is 4.74 Å². The SMILES string of the molecule is CCN(C(=O)Cc1ccc(-n2cccc2)cc1)c1ccc(OC)nc1. The molecular formula is C20H21N3O2. The van der Waals surface area contributed by atoms with Crippen LogP contribution in [0.15, 0.2) is 67.1 Å². The molecule has 2 heterocycles. The highest BCUT2D eigenvalue weighted by Crippen LogP contribution is 2.18. The van der Waals surface area contributed by atoms with E-state index < -0.39 is 0 Å². The zero-order valence-electron chi connectivity index (χ0n) is 14.4. The van der Waals surface area contributed by atoms with Crippen molar-refractivity contribution < 1.29 is 9.53 Å². The topological polar surface area (TPSA) is 47.4 Å². The highest BCUT2D eigenvalue weighted by Gasteiger charge is 2.15. The summed E-state index contributed by atoms with van der Waals surface area (Å²) in [4.78, 5) is 18.6. The van der Waals surface area contributed by atoms with Gasteiger partial charge in [0.25, 0.3) is 0 Å². The van der Waals surface area contributed by atoms with E-state index in [1.165, 1.54) is 0 Å². The van der Waals surface area contributed by atoms with Crippen molar-refractivity contribution >= 4 is 11.6 Å². The normalized spacial score (nSPS) is 10.5. The number of anilines is 1. The lowest BCUT2D eigenvalue weighted by molar-refractivity contribution is -0.117. The van der Waals surface area contributed by atoms with Gasteiger partial charge in [-0.1, -0.05) is 12.1 Å². The highest BCUT2D eigenvalue weighted by molar-refractivity contribution is 5.94. The van der Waals surface area contributed by atoms with Crippen molar-refractivity contribution in [1.82, 2.24) is 9.55 Å². The fourth-order valence-corrected chi connectivity index (χ4v) is 2.72. The number of methoxy groups -OCH3 is 1. The molecule has 0 saturated carbocycles. The number of pyridine rings is 1. The Morgan fingerprint density at radius 3 is 2.40 bits per heavy atom. The fourth-order valence-electron chi connectivity index (χ4n) is 2.72. The molecule has 0 atom stereocenters. The summed E-state index contributed by atoms with van der Waals surface area (Å²) >= 11 is 0. The summed E-state index contributed by atoms with van der Waals surface area (Å²) in [6.45, 7) is 2.55. The summed E-state index contributed by atoms with van der Waals surface area (Å²) < 4.78 is 7.10. The molecule has 0 unspecified atom stereocenters. The molecule has 1 aromatic carbocycles. The molecule has 5 nitrogen and oxygen atoms in total. The molecule has 0 radical (unpaired) electrons. The van der Waals surface area contributed by atoms with Gasteiger partial charge >= 0.3 is 0 Å². The lowest BCUT2D eigenvalue weighted by Gasteiger charge is -2.21. The van der Waals surface area contributed by atoms with Gasteiger partial charge in [0.1, 0.15) is 0 Å². The van der Waals surface area contributed by atoms with Crippen molar-refractivity contribution in [2.75, 3.05) is 18.6 Å². The van der Waals surface area contributed by atoms with Crippen LogP contribution in [0.3, 0.4) is 0 Å². The Bertz CT molecular complexity index is 809. The van der Waals surface area contributed by atoms with Crippen molar-refractivity contribution in [1.29, 1.82) is 0 Å². The maximum absolute atomic E-state index is 12.7. The third kappa shape index (κ3) is 3.88. The molecule has 0 aliphatic rings. The van der Waals surface area contributed by atoms with Gasteiger partial charge in [-0.15, -0.1) is 0 Å². The molecule has 2 aromatic heterocycles. The maximum Gasteiger partial charge on any atom is 0.231 e. The molecule has 0 bridgehead atoms. The lowest BCUT2D eigenvalue weighted by Crippen LogP contribution is -2.32. The van der Waals surface area contributed by atoms with Crippen LogP contribution in [-0.2, 0) is 11.2 Å². The van der Waals surface area contributed by atoms with Crippen molar-refractivity contribution in [3.05, 3.63) is 72.7 Å². The first-order valence-corrected chi connectivity index (χ1v) is 8.24. The van der Waals surface area contributed by atoms with E-state index in [0.29, 0.717) is 18.8 Å². The minimum absolute atomic E-state index is 0.0446. The van der Waals surface area contributed by atoms with Gasteiger partial charge in [-0.25, -0.2) is 4.98 Å². The summed E-state index contributed by atoms with van der Waals surface area (Å²) in [7, 11) is 1.57. The largest absolute Gasteiger partial charge is 0.481 e. The minimum atomic E-state index is 0.0446. The number of ether oxygens (including phenoxy) is 1. The molecule has 3 rings (SSSR count). The molecule has 0 fully saturated rings. The smallest absolute Gasteiger partial charge is 0.231 e. The molecule has 128 valence electrons. The number of nitrogens with zero attached hydrogens (tertiary/aromatic N) is 3. The van der Waals surface area contributed by atoms with E-state index in [1.807, 2.05) is 66.3 Å². The highest BCUT2D eigenvalue weighted by atomic mass is 16.5. The van der Waals surface area contributed by atoms with Gasteiger partial charge in [0, 0.05) is 30.7 Å². The fraction of sp³-hybridized carbons (Fsp3) is 0.200. The zero-order chi connectivity index (χ0) is 17.6. The van der Waals surface area contributed by atoms with Gasteiger partial charge in [0.05, 0.1) is 25.4 Å². The maximum atomic E-state index is 12.7. The van der Waals surface area contributed by atoms with Gasteiger partial charge in [-0.05, 0) is 42.8 Å². The Hall–Kier alpha value is -3.08. The van der Waals surface area contributed by atoms with Gasteiger partial charge in [0.2, 0.25) is 11.8 Å². The molecule has 3 aromatic rings. The van der Waals surface area contributed by atoms with E-state index in [-0.39, 0.29) is 5.91 Å². The molecule has 25 heavy (non-hydrogen) atoms. The summed E-state index contributed by atoms with van der Waals surface area (Å²) in [5.74, 6) is 0.580. The Balaban J connectivity index is 1.71. The second-order valence-electron chi connectivity index (χ2n) is 5.63. The molecule has 0 saturated heterocycles. The second-order valence-corrected chi connectivity index (χ2v) is 5.63. The predicted molar refractivity (Wildman–Crippen MR) is 98.3 cm³/mol. The van der Waals surface area contributed by atoms with E-state index >= 15 is 0 Å². The predicted octanol–water partition coefficient (Wildman–Crippen LogP) is 3.48. The number of hydrogen-bond acceptors (Lipinski definition) is 3. The molecule has 0 spiro atoms. The summed E-state index contributed by atoms with van der Waals surface area (Å²) in [5, 5.41) is 0. The van der Waals surface area contributed by atoms with E-state index in [0.717, 1.165) is 16.9 Å². The van der Waals surface area contributed by atoms with Crippen LogP contribution in [-0.4, -0.2) is 29.1 Å². The third-order valence-electron chi connectivity index (χ3n) is 4.05. The van der Waals surface area contributed by atoms with Gasteiger partial charge < -0.3 is 14.2 Å². The Morgan fingerprint density at radius 2 is 1.84 bits per heavy atom. The molecule has 0 aliphatic carbocycles. The summed E-state index contributed by atoms with van der Waals surface area (Å²) in [6, 6.07) is 15.6. The third-order valence-corrected chi connectivity index (χ3v) is 4.05. The van der Waals surface area contributed by atoms with E-state index in [1.54, 1.807) is 24.3 Å². The van der Waals surface area contributed by atoms with Gasteiger partial charge in [0.15, 0.2) is 0 Å². The number of hydrogen-bond donors (Lipinski definition) is 0. The van der Waals surface area contributed by atoms with Crippen LogP contribution < -0.4 is 9.64 Å². The van der Waals surface area contributed by atoms with Crippen molar-refractivity contribution in [3.63, 3.8) is 0 Å². The number of carbonyl (C=O) groups excluding carboxylic acids is 1. The van der Waals surface area contributed by atoms with Crippen molar-refractivity contribution in [2.24, 2.45) is 0 Å². The average Bonchev–Trinajstić information content (AvgIpc) is 3.18. The summed E-state index contributed by atoms with van der Waals surface area (Å²) in [5.41, 5.74) is 2.84. The van der Waals surface area contributed by atoms with Crippen LogP contribution in [0.4, 0.5) is 5.69 Å². The monoisotopic (exact) mass is 335 g/mol. The van der Waals surface area contributed by atoms with E-state index in [9.17, 15) is 4.79 Å². The molecule has 1 amide bonds. The number of benzene rings is 1. The molecule has 5 heteroatoms. The number of likely N-dealkylation sites (N-methyl/N-ethyl adjacent to an activating group) is 1. The van der Waals surface area contributed by atoms with Crippen LogP contribution in [0.2, 0.25) is 0 Å². The van der Waals surface area contributed by atoms with Crippen LogP contribution in [0.5, 0.6) is 5.88 Å².